The lowest BCUT2D eigenvalue weighted by Crippen LogP contribution is -2.25. The second-order valence-electron chi connectivity index (χ2n) is 10.8. The number of nitrogen functional groups attached to an aromatic ring is 1. The van der Waals surface area contributed by atoms with Gasteiger partial charge in [-0.05, 0) is 60.2 Å². The number of fused-ring (bicyclic) bond motifs is 1. The fourth-order valence-electron chi connectivity index (χ4n) is 5.30. The van der Waals surface area contributed by atoms with Crippen LogP contribution in [0.4, 0.5) is 22.7 Å². The molecule has 0 aromatic heterocycles. The zero-order chi connectivity index (χ0) is 32.4. The SMILES string of the molecule is CC(=O)Nc1ccc(C(OC2CCCCC2)S(=O)(=O)c2ccccc2N=Nc2c(N)ccc3cc(S(=O)(=O)O)cc(O)c23)cc1. The summed E-state index contributed by atoms with van der Waals surface area (Å²) in [5.74, 6) is -0.783. The number of nitrogens with zero attached hydrogens (tertiary/aromatic N) is 2. The molecule has 0 heterocycles. The minimum absolute atomic E-state index is 0.0185. The Kier molecular flexibility index (Phi) is 9.20. The van der Waals surface area contributed by atoms with Crippen LogP contribution in [0.1, 0.15) is 50.0 Å². The number of hydrogen-bond acceptors (Lipinski definition) is 10. The Morgan fingerprint density at radius 3 is 2.31 bits per heavy atom. The summed E-state index contributed by atoms with van der Waals surface area (Å²) in [5.41, 5.74) is 5.68. The van der Waals surface area contributed by atoms with Crippen molar-refractivity contribution in [3.05, 3.63) is 78.4 Å². The number of benzene rings is 4. The second-order valence-corrected chi connectivity index (χ2v) is 14.1. The van der Waals surface area contributed by atoms with Gasteiger partial charge in [0.25, 0.3) is 10.1 Å². The highest BCUT2D eigenvalue weighted by Crippen LogP contribution is 2.42. The molecule has 5 rings (SSSR count). The highest BCUT2D eigenvalue weighted by Gasteiger charge is 2.35. The largest absolute Gasteiger partial charge is 0.507 e. The number of phenolic OH excluding ortho intramolecular Hbond substituents is 1. The molecule has 236 valence electrons. The van der Waals surface area contributed by atoms with E-state index in [0.717, 1.165) is 44.2 Å². The van der Waals surface area contributed by atoms with E-state index in [4.69, 9.17) is 10.5 Å². The van der Waals surface area contributed by atoms with Crippen molar-refractivity contribution in [1.82, 2.24) is 0 Å². The number of phenols is 1. The van der Waals surface area contributed by atoms with E-state index in [-0.39, 0.29) is 44.7 Å². The molecule has 1 fully saturated rings. The molecule has 5 N–H and O–H groups in total. The topological polar surface area (TPSA) is 198 Å². The minimum Gasteiger partial charge on any atom is -0.507 e. The Morgan fingerprint density at radius 2 is 1.64 bits per heavy atom. The summed E-state index contributed by atoms with van der Waals surface area (Å²) in [6.07, 6.45) is 4.08. The first-order chi connectivity index (χ1) is 21.3. The van der Waals surface area contributed by atoms with Gasteiger partial charge in [0, 0.05) is 18.7 Å². The molecule has 4 aromatic carbocycles. The van der Waals surface area contributed by atoms with Gasteiger partial charge in [0.15, 0.2) is 5.44 Å². The number of azo groups is 1. The van der Waals surface area contributed by atoms with E-state index < -0.39 is 36.0 Å². The zero-order valence-electron chi connectivity index (χ0n) is 24.3. The lowest BCUT2D eigenvalue weighted by atomic mass is 9.98. The number of sulfone groups is 1. The molecule has 0 bridgehead atoms. The van der Waals surface area contributed by atoms with Gasteiger partial charge in [0.1, 0.15) is 17.1 Å². The van der Waals surface area contributed by atoms with Crippen LogP contribution >= 0.6 is 0 Å². The van der Waals surface area contributed by atoms with E-state index in [1.807, 2.05) is 0 Å². The lowest BCUT2D eigenvalue weighted by Gasteiger charge is -2.28. The smallest absolute Gasteiger partial charge is 0.294 e. The van der Waals surface area contributed by atoms with Gasteiger partial charge in [-0.1, -0.05) is 49.6 Å². The van der Waals surface area contributed by atoms with Crippen molar-refractivity contribution < 1.29 is 36.0 Å². The number of carbonyl (C=O) groups excluding carboxylic acids is 1. The molecule has 1 unspecified atom stereocenters. The average molecular weight is 653 g/mol. The van der Waals surface area contributed by atoms with Gasteiger partial charge >= 0.3 is 0 Å². The second kappa shape index (κ2) is 12.9. The first kappa shape index (κ1) is 32.0. The quantitative estimate of drug-likeness (QED) is 0.0877. The Hall–Kier alpha value is -4.37. The fourth-order valence-corrected chi connectivity index (χ4v) is 7.56. The van der Waals surface area contributed by atoms with Crippen LogP contribution in [0.3, 0.4) is 0 Å². The van der Waals surface area contributed by atoms with Crippen LogP contribution in [0.25, 0.3) is 10.8 Å². The monoisotopic (exact) mass is 652 g/mol. The summed E-state index contributed by atoms with van der Waals surface area (Å²) >= 11 is 0. The summed E-state index contributed by atoms with van der Waals surface area (Å²) in [6.45, 7) is 1.38. The van der Waals surface area contributed by atoms with Crippen molar-refractivity contribution in [2.75, 3.05) is 11.1 Å². The predicted octanol–water partition coefficient (Wildman–Crippen LogP) is 6.57. The Balaban J connectivity index is 1.57. The molecule has 12 nitrogen and oxygen atoms in total. The van der Waals surface area contributed by atoms with Crippen LogP contribution in [0.15, 0.2) is 92.8 Å². The summed E-state index contributed by atoms with van der Waals surface area (Å²) in [6, 6.07) is 17.3. The molecule has 1 aliphatic carbocycles. The van der Waals surface area contributed by atoms with Crippen molar-refractivity contribution in [2.24, 2.45) is 10.2 Å². The Labute approximate surface area is 260 Å². The van der Waals surface area contributed by atoms with Crippen molar-refractivity contribution in [2.45, 2.75) is 60.4 Å². The number of carbonyl (C=O) groups is 1. The van der Waals surface area contributed by atoms with Crippen LogP contribution in [-0.2, 0) is 29.5 Å². The molecule has 1 atom stereocenters. The standard InChI is InChI=1S/C31H32N4O8S2/c1-19(36)33-22-14-11-20(12-15-22)31(43-23-7-3-2-4-8-23)44(38,39)28-10-6-5-9-26(28)34-35-30-25(32)16-13-21-17-24(45(40,41)42)18-27(37)29(21)30/h5-6,9-18,23,31,37H,2-4,7-8,32H2,1H3,(H,33,36)(H,40,41,42). The average Bonchev–Trinajstić information content (AvgIpc) is 3.00. The van der Waals surface area contributed by atoms with Gasteiger partial charge in [-0.2, -0.15) is 8.42 Å². The third kappa shape index (κ3) is 7.14. The van der Waals surface area contributed by atoms with Gasteiger partial charge in [-0.3, -0.25) is 9.35 Å². The molecule has 4 aromatic rings. The summed E-state index contributed by atoms with van der Waals surface area (Å²) in [4.78, 5) is 10.8. The normalized spacial score (nSPS) is 15.3. The third-order valence-corrected chi connectivity index (χ3v) is 10.2. The molecule has 0 saturated heterocycles. The van der Waals surface area contributed by atoms with Crippen molar-refractivity contribution >= 4 is 59.4 Å². The molecule has 1 aliphatic rings. The van der Waals surface area contributed by atoms with Crippen molar-refractivity contribution in [3.63, 3.8) is 0 Å². The van der Waals surface area contributed by atoms with Gasteiger partial charge in [0.2, 0.25) is 15.7 Å². The summed E-state index contributed by atoms with van der Waals surface area (Å²) in [7, 11) is -8.85. The number of nitrogens with one attached hydrogen (secondary N) is 1. The number of rotatable bonds is 9. The van der Waals surface area contributed by atoms with E-state index in [2.05, 4.69) is 15.5 Å². The van der Waals surface area contributed by atoms with Gasteiger partial charge in [-0.15, -0.1) is 10.2 Å². The Morgan fingerprint density at radius 1 is 0.956 bits per heavy atom. The number of nitrogens with two attached hydrogens (primary N) is 1. The maximum Gasteiger partial charge on any atom is 0.294 e. The van der Waals surface area contributed by atoms with Crippen LogP contribution in [0, 0.1) is 0 Å². The number of amides is 1. The third-order valence-electron chi connectivity index (χ3n) is 7.45. The molecular weight excluding hydrogens is 620 g/mol. The summed E-state index contributed by atoms with van der Waals surface area (Å²) in [5, 5.41) is 22.0. The maximum absolute atomic E-state index is 14.3. The number of aromatic hydroxyl groups is 1. The lowest BCUT2D eigenvalue weighted by molar-refractivity contribution is -0.114. The molecule has 0 aliphatic heterocycles. The molecule has 14 heteroatoms. The highest BCUT2D eigenvalue weighted by atomic mass is 32.2. The number of anilines is 2. The first-order valence-electron chi connectivity index (χ1n) is 14.1. The van der Waals surface area contributed by atoms with E-state index in [1.165, 1.54) is 31.2 Å². The summed E-state index contributed by atoms with van der Waals surface area (Å²) < 4.78 is 67.7. The number of hydrogen-bond donors (Lipinski definition) is 4. The van der Waals surface area contributed by atoms with Crippen molar-refractivity contribution in [3.8, 4) is 5.75 Å². The Bertz CT molecular complexity index is 1990. The molecule has 1 amide bonds. The van der Waals surface area contributed by atoms with Gasteiger partial charge in [-0.25, -0.2) is 8.42 Å². The van der Waals surface area contributed by atoms with Crippen LogP contribution < -0.4 is 11.1 Å². The van der Waals surface area contributed by atoms with E-state index in [0.29, 0.717) is 11.3 Å². The number of ether oxygens (including phenoxy) is 1. The predicted molar refractivity (Wildman–Crippen MR) is 169 cm³/mol. The van der Waals surface area contributed by atoms with Crippen LogP contribution in [0.5, 0.6) is 5.75 Å². The van der Waals surface area contributed by atoms with Gasteiger partial charge < -0.3 is 20.9 Å². The van der Waals surface area contributed by atoms with Gasteiger partial charge in [0.05, 0.1) is 27.0 Å². The van der Waals surface area contributed by atoms with E-state index in [9.17, 15) is 31.3 Å². The van der Waals surface area contributed by atoms with E-state index >= 15 is 0 Å². The van der Waals surface area contributed by atoms with E-state index in [1.54, 1.807) is 36.4 Å². The molecule has 1 saturated carbocycles. The van der Waals surface area contributed by atoms with Crippen LogP contribution in [-0.4, -0.2) is 38.5 Å². The van der Waals surface area contributed by atoms with Crippen molar-refractivity contribution in [1.29, 1.82) is 0 Å². The minimum atomic E-state index is -4.61. The molecule has 0 radical (unpaired) electrons. The molecule has 0 spiro atoms. The molecule has 45 heavy (non-hydrogen) atoms. The first-order valence-corrected chi connectivity index (χ1v) is 17.1. The molecular formula is C31H32N4O8S2. The maximum atomic E-state index is 14.3. The zero-order valence-corrected chi connectivity index (χ0v) is 25.9. The van der Waals surface area contributed by atoms with Crippen LogP contribution in [0.2, 0.25) is 0 Å². The fraction of sp³-hybridized carbons (Fsp3) is 0.258. The highest BCUT2D eigenvalue weighted by molar-refractivity contribution is 7.91.